The minimum absolute atomic E-state index is 0.720. The van der Waals surface area contributed by atoms with Crippen molar-refractivity contribution in [3.8, 4) is 0 Å². The maximum Gasteiger partial charge on any atom is -0.000653 e. The molecule has 31 heteroatoms. The van der Waals surface area contributed by atoms with Crippen molar-refractivity contribution in [2.45, 2.75) is 212 Å². The van der Waals surface area contributed by atoms with E-state index in [1.807, 2.05) is 0 Å². The highest BCUT2D eigenvalue weighted by atomic mass is 15.2. The highest BCUT2D eigenvalue weighted by Gasteiger charge is 2.20. The van der Waals surface area contributed by atoms with E-state index in [9.17, 15) is 0 Å². The molecule has 31 nitrogen and oxygen atoms in total. The molecule has 0 radical (unpaired) electrons. The van der Waals surface area contributed by atoms with Gasteiger partial charge in [-0.05, 0) is 598 Å². The second-order valence-electron chi connectivity index (χ2n) is 36.2. The Labute approximate surface area is 773 Å². The molecule has 0 aliphatic heterocycles. The van der Waals surface area contributed by atoms with Gasteiger partial charge in [-0.15, -0.1) is 0 Å². The fraction of sp³-hybridized carbons (Fsp3) is 1.00. The molecular weight excluding hydrogens is 1560 g/mol. The molecule has 0 unspecified atom stereocenters. The molecule has 32 N–H and O–H groups in total. The lowest BCUT2D eigenvalue weighted by Crippen LogP contribution is -2.39. The van der Waals surface area contributed by atoms with Gasteiger partial charge in [-0.25, -0.2) is 0 Å². The fourth-order valence-corrected chi connectivity index (χ4v) is 17.7. The summed E-state index contributed by atoms with van der Waals surface area (Å²) >= 11 is 0. The number of nitrogens with two attached hydrogens (primary N) is 16. The SMILES string of the molecule is CCCCN(CCCN(CCCN(CCCN(CCCN)CCCN)CCCN(CCCN)CCCN)CCCN(CCCN(CCCN)CCCN)CCCN(CCCN)CCCN)CCCN(CCCN(CCCN(CCCN)CCCN)CCCN(CCCN)CCCN)CCCN(CCCN(CCCN)CCCN)CCCN(CCCN)CCCN. The summed E-state index contributed by atoms with van der Waals surface area (Å²) in [4.78, 5) is 40.7. The monoisotopic (exact) mass is 1780 g/mol. The van der Waals surface area contributed by atoms with Gasteiger partial charge in [-0.3, -0.25) is 0 Å². The molecule has 0 aliphatic rings. The molecule has 0 aromatic heterocycles. The largest absolute Gasteiger partial charge is 0.330 e. The third kappa shape index (κ3) is 78.8. The zero-order valence-corrected chi connectivity index (χ0v) is 82.7. The second-order valence-corrected chi connectivity index (χ2v) is 36.2. The van der Waals surface area contributed by atoms with Crippen molar-refractivity contribution >= 4 is 0 Å². The molecule has 0 aliphatic carbocycles. The van der Waals surface area contributed by atoms with Crippen molar-refractivity contribution in [3.05, 3.63) is 0 Å². The average Bonchev–Trinajstić information content (AvgIpc) is 0.940. The number of unbranched alkanes of at least 4 members (excludes halogenated alkanes) is 1. The van der Waals surface area contributed by atoms with Gasteiger partial charge in [0.1, 0.15) is 0 Å². The van der Waals surface area contributed by atoms with Crippen molar-refractivity contribution in [3.63, 3.8) is 0 Å². The van der Waals surface area contributed by atoms with Crippen LogP contribution in [0.2, 0.25) is 0 Å². The van der Waals surface area contributed by atoms with Crippen LogP contribution in [-0.2, 0) is 0 Å². The molecule has 0 saturated heterocycles. The summed E-state index contributed by atoms with van der Waals surface area (Å²) in [7, 11) is 0. The van der Waals surface area contributed by atoms with Crippen molar-refractivity contribution in [1.29, 1.82) is 0 Å². The number of hydrogen-bond donors (Lipinski definition) is 16. The summed E-state index contributed by atoms with van der Waals surface area (Å²) in [6, 6.07) is 0. The summed E-state index contributed by atoms with van der Waals surface area (Å²) in [5, 5.41) is 0. The zero-order chi connectivity index (χ0) is 91.4. The average molecular weight is 1790 g/mol. The normalized spacial score (nSPS) is 12.6. The van der Waals surface area contributed by atoms with E-state index >= 15 is 0 Å². The number of hydrogen-bond acceptors (Lipinski definition) is 31. The van der Waals surface area contributed by atoms with Gasteiger partial charge < -0.3 is 165 Å². The molecule has 125 heavy (non-hydrogen) atoms. The van der Waals surface area contributed by atoms with Gasteiger partial charge in [0.15, 0.2) is 0 Å². The zero-order valence-electron chi connectivity index (χ0n) is 82.7. The molecular formula is C94H221N31. The molecule has 0 aromatic carbocycles. The number of nitrogens with zero attached hydrogens (tertiary/aromatic N) is 15. The maximum absolute atomic E-state index is 6.09. The van der Waals surface area contributed by atoms with Crippen LogP contribution in [0.1, 0.15) is 212 Å². The number of rotatable bonds is 107. The standard InChI is InChI=1S/C94H221N31/c1-2-3-50-111(67-20-77-120(87-30-91-122(79-22-69-112(51-4-34-95)52-5-35-96)80-23-70-113(53-6-36-97)54-7-37-98)88-31-92-123(81-24-71-114(55-8-38-99)56-9-39-100)82-25-72-115(57-10-40-101)58-11-41-102)68-21-78-121(89-32-93-124(83-26-73-116(59-12-42-103)60-13-43-104)84-27-74-117(61-14-44-105)62-15-45-106)90-33-94-125(85-28-75-118(63-16-46-107)64-17-47-108)86-29-76-119(65-18-48-109)66-19-49-110/h2-110H2,1H3. The van der Waals surface area contributed by atoms with Gasteiger partial charge in [0.05, 0.1) is 0 Å². The Morgan fingerprint density at radius 1 is 0.0880 bits per heavy atom. The van der Waals surface area contributed by atoms with Crippen LogP contribution < -0.4 is 91.7 Å². The Morgan fingerprint density at radius 2 is 0.144 bits per heavy atom. The summed E-state index contributed by atoms with van der Waals surface area (Å²) in [5.41, 5.74) is 97.4. The van der Waals surface area contributed by atoms with E-state index < -0.39 is 0 Å². The van der Waals surface area contributed by atoms with E-state index in [2.05, 4.69) is 80.4 Å². The summed E-state index contributed by atoms with van der Waals surface area (Å²) < 4.78 is 0. The molecule has 0 aromatic rings. The van der Waals surface area contributed by atoms with Gasteiger partial charge in [-0.2, -0.15) is 0 Å². The lowest BCUT2D eigenvalue weighted by Gasteiger charge is -2.31. The predicted molar refractivity (Wildman–Crippen MR) is 545 cm³/mol. The smallest absolute Gasteiger partial charge is 0.000653 e. The summed E-state index contributed by atoms with van der Waals surface area (Å²) in [6.45, 7) is 62.5. The minimum Gasteiger partial charge on any atom is -0.330 e. The molecule has 0 bridgehead atoms. The minimum atomic E-state index is 0.720. The van der Waals surface area contributed by atoms with Crippen LogP contribution in [0.4, 0.5) is 0 Å². The molecule has 752 valence electrons. The maximum atomic E-state index is 6.09. The van der Waals surface area contributed by atoms with Crippen molar-refractivity contribution < 1.29 is 0 Å². The van der Waals surface area contributed by atoms with E-state index in [1.54, 1.807) is 0 Å². The first-order valence-electron chi connectivity index (χ1n) is 52.5. The molecule has 0 fully saturated rings. The van der Waals surface area contributed by atoms with E-state index in [4.69, 9.17) is 91.7 Å². The van der Waals surface area contributed by atoms with Gasteiger partial charge >= 0.3 is 0 Å². The lowest BCUT2D eigenvalue weighted by atomic mass is 10.2. The van der Waals surface area contributed by atoms with E-state index in [-0.39, 0.29) is 0 Å². The predicted octanol–water partition coefficient (Wildman–Crippen LogP) is 1.36. The highest BCUT2D eigenvalue weighted by Crippen LogP contribution is 2.14. The first kappa shape index (κ1) is 124. The van der Waals surface area contributed by atoms with E-state index in [0.717, 1.165) is 579 Å². The Kier molecular flexibility index (Phi) is 96.3. The lowest BCUT2D eigenvalue weighted by molar-refractivity contribution is 0.169. The summed E-state index contributed by atoms with van der Waals surface area (Å²) in [6.07, 6.45) is 34.9. The van der Waals surface area contributed by atoms with Gasteiger partial charge in [-0.1, -0.05) is 13.3 Å². The fourth-order valence-electron chi connectivity index (χ4n) is 17.7. The second kappa shape index (κ2) is 97.3. The Hall–Kier alpha value is -1.24. The Morgan fingerprint density at radius 3 is 0.200 bits per heavy atom. The topological polar surface area (TPSA) is 465 Å². The van der Waals surface area contributed by atoms with E-state index in [1.165, 1.54) is 25.7 Å². The Bertz CT molecular complexity index is 1640. The molecule has 0 heterocycles. The molecule has 0 atom stereocenters. The van der Waals surface area contributed by atoms with Crippen LogP contribution in [0, 0.1) is 0 Å². The molecule has 0 amide bonds. The van der Waals surface area contributed by atoms with Crippen molar-refractivity contribution in [1.82, 2.24) is 73.5 Å². The first-order valence-corrected chi connectivity index (χ1v) is 52.5. The van der Waals surface area contributed by atoms with Crippen LogP contribution in [0.5, 0.6) is 0 Å². The van der Waals surface area contributed by atoms with Gasteiger partial charge in [0.2, 0.25) is 0 Å². The third-order valence-electron chi connectivity index (χ3n) is 25.0. The molecule has 0 rings (SSSR count). The van der Waals surface area contributed by atoms with Crippen molar-refractivity contribution in [2.24, 2.45) is 91.7 Å². The molecule has 0 saturated carbocycles. The third-order valence-corrected chi connectivity index (χ3v) is 25.0. The molecule has 0 spiro atoms. The van der Waals surface area contributed by atoms with Crippen molar-refractivity contribution in [2.75, 3.05) is 399 Å². The van der Waals surface area contributed by atoms with Gasteiger partial charge in [0, 0.05) is 0 Å². The van der Waals surface area contributed by atoms with Gasteiger partial charge in [0.25, 0.3) is 0 Å². The summed E-state index contributed by atoms with van der Waals surface area (Å²) in [5.74, 6) is 0. The van der Waals surface area contributed by atoms with Crippen LogP contribution in [0.15, 0.2) is 0 Å². The van der Waals surface area contributed by atoms with Crippen LogP contribution >= 0.6 is 0 Å². The Balaban J connectivity index is 7.70. The van der Waals surface area contributed by atoms with Crippen LogP contribution in [0.3, 0.4) is 0 Å². The van der Waals surface area contributed by atoms with E-state index in [0.29, 0.717) is 0 Å². The quantitative estimate of drug-likeness (QED) is 0.0409. The van der Waals surface area contributed by atoms with Crippen LogP contribution in [0.25, 0.3) is 0 Å². The van der Waals surface area contributed by atoms with Crippen LogP contribution in [-0.4, -0.2) is 473 Å². The first-order chi connectivity index (χ1) is 61.4. The highest BCUT2D eigenvalue weighted by molar-refractivity contribution is 4.77.